The third kappa shape index (κ3) is 15.7. The van der Waals surface area contributed by atoms with Gasteiger partial charge in [0.1, 0.15) is 0 Å². The number of carboxylic acids is 1. The van der Waals surface area contributed by atoms with Crippen molar-refractivity contribution < 1.29 is 19.4 Å². The molecular weight excluding hydrogens is 268 g/mol. The zero-order valence-corrected chi connectivity index (χ0v) is 12.5. The smallest absolute Gasteiger partial charge is 0.331 e. The van der Waals surface area contributed by atoms with E-state index in [1.165, 1.54) is 19.3 Å². The van der Waals surface area contributed by atoms with Gasteiger partial charge in [-0.05, 0) is 30.8 Å². The molecule has 21 heavy (non-hydrogen) atoms. The minimum Gasteiger partial charge on any atom is -0.481 e. The Kier molecular flexibility index (Phi) is 12.7. The minimum atomic E-state index is -0.715. The number of allylic oxidation sites excluding steroid dienone is 1. The maximum absolute atomic E-state index is 10.7. The van der Waals surface area contributed by atoms with Gasteiger partial charge >= 0.3 is 11.9 Å². The van der Waals surface area contributed by atoms with Gasteiger partial charge < -0.3 is 9.84 Å². The highest BCUT2D eigenvalue weighted by Gasteiger charge is 1.96. The molecular formula is C17H22O4. The van der Waals surface area contributed by atoms with Gasteiger partial charge in [0.2, 0.25) is 0 Å². The molecule has 0 saturated heterocycles. The van der Waals surface area contributed by atoms with Gasteiger partial charge in [-0.3, -0.25) is 4.79 Å². The van der Waals surface area contributed by atoms with Crippen LogP contribution >= 0.6 is 0 Å². The van der Waals surface area contributed by atoms with Crippen molar-refractivity contribution in [1.29, 1.82) is 0 Å². The Morgan fingerprint density at radius 2 is 1.71 bits per heavy atom. The number of hydrogen-bond acceptors (Lipinski definition) is 3. The quantitative estimate of drug-likeness (QED) is 0.307. The summed E-state index contributed by atoms with van der Waals surface area (Å²) in [6, 6.07) is 0. The van der Waals surface area contributed by atoms with Crippen LogP contribution in [0.5, 0.6) is 0 Å². The van der Waals surface area contributed by atoms with E-state index in [0.717, 1.165) is 44.9 Å². The van der Waals surface area contributed by atoms with Crippen molar-refractivity contribution >= 4 is 11.9 Å². The zero-order valence-electron chi connectivity index (χ0n) is 12.5. The van der Waals surface area contributed by atoms with Crippen LogP contribution in [0.25, 0.3) is 0 Å². The molecule has 0 atom stereocenters. The number of esters is 1. The van der Waals surface area contributed by atoms with Gasteiger partial charge in [-0.2, -0.15) is 0 Å². The molecule has 0 aliphatic rings. The Bertz CT molecular complexity index is 455. The molecule has 0 amide bonds. The lowest BCUT2D eigenvalue weighted by Crippen LogP contribution is -1.93. The first kappa shape index (κ1) is 18.8. The summed E-state index contributed by atoms with van der Waals surface area (Å²) in [6.45, 7) is 0. The van der Waals surface area contributed by atoms with Crippen LogP contribution in [-0.2, 0) is 14.3 Å². The summed E-state index contributed by atoms with van der Waals surface area (Å²) in [5.41, 5.74) is 0. The molecule has 0 aromatic carbocycles. The van der Waals surface area contributed by atoms with Crippen LogP contribution in [0.2, 0.25) is 0 Å². The molecule has 0 bridgehead atoms. The molecule has 0 aromatic heterocycles. The lowest BCUT2D eigenvalue weighted by Gasteiger charge is -1.98. The minimum absolute atomic E-state index is 0.272. The Hall–Kier alpha value is -2.20. The Labute approximate surface area is 126 Å². The summed E-state index contributed by atoms with van der Waals surface area (Å²) < 4.78 is 4.41. The topological polar surface area (TPSA) is 63.6 Å². The van der Waals surface area contributed by atoms with E-state index < -0.39 is 11.9 Å². The highest BCUT2D eigenvalue weighted by molar-refractivity contribution is 5.82. The van der Waals surface area contributed by atoms with Crippen molar-refractivity contribution in [2.75, 3.05) is 7.11 Å². The molecule has 0 aliphatic heterocycles. The van der Waals surface area contributed by atoms with Crippen LogP contribution in [-0.4, -0.2) is 24.2 Å². The molecule has 0 aromatic rings. The van der Waals surface area contributed by atoms with Gasteiger partial charge in [0.05, 0.1) is 7.11 Å². The van der Waals surface area contributed by atoms with E-state index in [0.29, 0.717) is 0 Å². The van der Waals surface area contributed by atoms with Crippen LogP contribution < -0.4 is 0 Å². The van der Waals surface area contributed by atoms with Crippen molar-refractivity contribution in [3.8, 4) is 23.7 Å². The second-order valence-electron chi connectivity index (χ2n) is 4.44. The normalized spacial score (nSPS) is 9.38. The van der Waals surface area contributed by atoms with Crippen molar-refractivity contribution in [3.63, 3.8) is 0 Å². The molecule has 4 nitrogen and oxygen atoms in total. The van der Waals surface area contributed by atoms with Gasteiger partial charge in [0.25, 0.3) is 0 Å². The van der Waals surface area contributed by atoms with E-state index in [1.54, 1.807) is 0 Å². The zero-order chi connectivity index (χ0) is 15.8. The van der Waals surface area contributed by atoms with Gasteiger partial charge in [0, 0.05) is 18.9 Å². The molecule has 0 spiro atoms. The largest absolute Gasteiger partial charge is 0.481 e. The number of carbonyl (C=O) groups is 2. The van der Waals surface area contributed by atoms with E-state index in [1.807, 2.05) is 0 Å². The standard InChI is InChI=1S/C17H22O4/c1-21-17(20)15-13-11-9-7-5-3-2-4-6-8-10-12-14-16(18)19/h13,15H,2-4,6,8,10,12,14H2,1H3,(H,18,19)/b15-13-. The monoisotopic (exact) mass is 290 g/mol. The molecule has 0 fully saturated rings. The van der Waals surface area contributed by atoms with E-state index in [4.69, 9.17) is 5.11 Å². The number of ether oxygens (including phenoxy) is 1. The summed E-state index contributed by atoms with van der Waals surface area (Å²) >= 11 is 0. The number of aliphatic carboxylic acids is 1. The predicted molar refractivity (Wildman–Crippen MR) is 81.3 cm³/mol. The first-order chi connectivity index (χ1) is 10.2. The number of carbonyl (C=O) groups excluding carboxylic acids is 1. The number of unbranched alkanes of at least 4 members (excludes halogenated alkanes) is 6. The van der Waals surface area contributed by atoms with Crippen molar-refractivity contribution in [2.24, 2.45) is 0 Å². The fourth-order valence-corrected chi connectivity index (χ4v) is 1.56. The first-order valence-electron chi connectivity index (χ1n) is 7.11. The highest BCUT2D eigenvalue weighted by Crippen LogP contribution is 2.08. The molecule has 0 unspecified atom stereocenters. The van der Waals surface area contributed by atoms with Crippen LogP contribution in [0.15, 0.2) is 12.2 Å². The van der Waals surface area contributed by atoms with E-state index in [-0.39, 0.29) is 6.42 Å². The SMILES string of the molecule is COC(=O)/C=C\C#CC#CCCCCCCCCC(=O)O. The number of methoxy groups -OCH3 is 1. The lowest BCUT2D eigenvalue weighted by molar-refractivity contribution is -0.137. The maximum atomic E-state index is 10.7. The molecule has 0 aliphatic carbocycles. The molecule has 0 saturated carbocycles. The third-order valence-corrected chi connectivity index (χ3v) is 2.67. The third-order valence-electron chi connectivity index (χ3n) is 2.67. The fraction of sp³-hybridized carbons (Fsp3) is 0.529. The van der Waals surface area contributed by atoms with E-state index in [9.17, 15) is 9.59 Å². The van der Waals surface area contributed by atoms with Crippen molar-refractivity contribution in [2.45, 2.75) is 51.4 Å². The van der Waals surface area contributed by atoms with Crippen molar-refractivity contribution in [1.82, 2.24) is 0 Å². The maximum Gasteiger partial charge on any atom is 0.331 e. The molecule has 1 N–H and O–H groups in total. The highest BCUT2D eigenvalue weighted by atomic mass is 16.5. The van der Waals surface area contributed by atoms with Crippen molar-refractivity contribution in [3.05, 3.63) is 12.2 Å². The van der Waals surface area contributed by atoms with E-state index >= 15 is 0 Å². The summed E-state index contributed by atoms with van der Waals surface area (Å²) in [7, 11) is 1.31. The van der Waals surface area contributed by atoms with Crippen LogP contribution in [0.3, 0.4) is 0 Å². The van der Waals surface area contributed by atoms with E-state index in [2.05, 4.69) is 28.4 Å². The van der Waals surface area contributed by atoms with Gasteiger partial charge in [-0.25, -0.2) is 4.79 Å². The summed E-state index contributed by atoms with van der Waals surface area (Å²) in [5, 5.41) is 8.48. The summed E-state index contributed by atoms with van der Waals surface area (Å²) in [5.74, 6) is 9.79. The van der Waals surface area contributed by atoms with Crippen LogP contribution in [0, 0.1) is 23.7 Å². The average Bonchev–Trinajstić information content (AvgIpc) is 2.46. The predicted octanol–water partition coefficient (Wildman–Crippen LogP) is 2.93. The first-order valence-corrected chi connectivity index (χ1v) is 7.11. The Morgan fingerprint density at radius 3 is 2.38 bits per heavy atom. The van der Waals surface area contributed by atoms with Gasteiger partial charge in [-0.15, -0.1) is 0 Å². The lowest BCUT2D eigenvalue weighted by atomic mass is 10.1. The van der Waals surface area contributed by atoms with Crippen LogP contribution in [0.1, 0.15) is 51.4 Å². The summed E-state index contributed by atoms with van der Waals surface area (Å²) in [4.78, 5) is 21.0. The molecule has 0 heterocycles. The van der Waals surface area contributed by atoms with Gasteiger partial charge in [-0.1, -0.05) is 37.5 Å². The molecule has 0 radical (unpaired) electrons. The number of hydrogen-bond donors (Lipinski definition) is 1. The summed E-state index contributed by atoms with van der Waals surface area (Å²) in [6.07, 6.45) is 9.84. The molecule has 4 heteroatoms. The van der Waals surface area contributed by atoms with Crippen LogP contribution in [0.4, 0.5) is 0 Å². The van der Waals surface area contributed by atoms with Gasteiger partial charge in [0.15, 0.2) is 0 Å². The molecule has 0 rings (SSSR count). The second kappa shape index (κ2) is 14.2. The average molecular weight is 290 g/mol. The Balaban J connectivity index is 3.46. The Morgan fingerprint density at radius 1 is 1.05 bits per heavy atom. The second-order valence-corrected chi connectivity index (χ2v) is 4.44. The number of rotatable bonds is 9. The molecule has 114 valence electrons. The number of carboxylic acid groups (broad SMARTS) is 1. The fourth-order valence-electron chi connectivity index (χ4n) is 1.56.